The van der Waals surface area contributed by atoms with E-state index < -0.39 is 9.84 Å². The van der Waals surface area contributed by atoms with E-state index in [0.29, 0.717) is 0 Å². The van der Waals surface area contributed by atoms with Crippen LogP contribution >= 0.6 is 0 Å². The topological polar surface area (TPSA) is 67.0 Å². The maximum Gasteiger partial charge on any atom is 0.238 e. The number of rotatable bonds is 2. The summed E-state index contributed by atoms with van der Waals surface area (Å²) < 4.78 is 22.4. The van der Waals surface area contributed by atoms with Crippen molar-refractivity contribution in [3.05, 3.63) is 30.5 Å². The van der Waals surface area contributed by atoms with Gasteiger partial charge in [-0.15, -0.1) is 0 Å². The van der Waals surface area contributed by atoms with Crippen LogP contribution in [0.5, 0.6) is 0 Å². The predicted molar refractivity (Wildman–Crippen MR) is 52.2 cm³/mol. The number of aromatic amines is 1. The molecule has 0 atom stereocenters. The first-order valence-electron chi connectivity index (χ1n) is 3.91. The molecule has 0 aliphatic carbocycles. The highest BCUT2D eigenvalue weighted by atomic mass is 32.2. The van der Waals surface area contributed by atoms with Crippen molar-refractivity contribution in [2.75, 3.05) is 0 Å². The zero-order chi connectivity index (χ0) is 10.2. The van der Waals surface area contributed by atoms with Gasteiger partial charge in [-0.2, -0.15) is 0 Å². The Labute approximate surface area is 80.5 Å². The summed E-state index contributed by atoms with van der Waals surface area (Å²) >= 11 is 0. The van der Waals surface area contributed by atoms with Crippen LogP contribution in [0.25, 0.3) is 10.9 Å². The number of H-pyrrole nitrogens is 1. The largest absolute Gasteiger partial charge is 0.361 e. The standard InChI is InChI=1S/C9H7NO3S/c11-6-14(12,13)8-1-2-9-7(5-8)3-4-10-9/h1-6,10H. The fraction of sp³-hybridized carbons (Fsp3) is 0. The van der Waals surface area contributed by atoms with Crippen LogP contribution in [0, 0.1) is 0 Å². The molecule has 4 nitrogen and oxygen atoms in total. The Bertz CT molecular complexity index is 583. The summed E-state index contributed by atoms with van der Waals surface area (Å²) in [5.74, 6) is 0. The van der Waals surface area contributed by atoms with Crippen LogP contribution in [0.3, 0.4) is 0 Å². The van der Waals surface area contributed by atoms with E-state index >= 15 is 0 Å². The highest BCUT2D eigenvalue weighted by Crippen LogP contribution is 2.17. The van der Waals surface area contributed by atoms with Gasteiger partial charge in [0.25, 0.3) is 0 Å². The Morgan fingerprint density at radius 3 is 2.71 bits per heavy atom. The molecule has 0 saturated carbocycles. The van der Waals surface area contributed by atoms with E-state index in [1.165, 1.54) is 12.1 Å². The number of carbonyl (C=O) groups is 1. The van der Waals surface area contributed by atoms with Gasteiger partial charge in [0.15, 0.2) is 0 Å². The molecule has 0 amide bonds. The van der Waals surface area contributed by atoms with Crippen LogP contribution in [-0.2, 0) is 14.6 Å². The van der Waals surface area contributed by atoms with Gasteiger partial charge < -0.3 is 4.98 Å². The monoisotopic (exact) mass is 209 g/mol. The molecule has 0 aliphatic heterocycles. The lowest BCUT2D eigenvalue weighted by atomic mass is 10.2. The number of aromatic nitrogens is 1. The number of hydrogen-bond donors (Lipinski definition) is 1. The summed E-state index contributed by atoms with van der Waals surface area (Å²) in [6.07, 6.45) is 1.71. The van der Waals surface area contributed by atoms with Gasteiger partial charge in [0.2, 0.25) is 15.5 Å². The number of carbonyl (C=O) groups excluding carboxylic acids is 1. The average Bonchev–Trinajstić information content (AvgIpc) is 2.64. The molecule has 0 bridgehead atoms. The fourth-order valence-electron chi connectivity index (χ4n) is 1.26. The third-order valence-corrected chi connectivity index (χ3v) is 3.14. The molecule has 72 valence electrons. The summed E-state index contributed by atoms with van der Waals surface area (Å²) in [6.45, 7) is 0. The van der Waals surface area contributed by atoms with Crippen LogP contribution in [-0.4, -0.2) is 19.0 Å². The Kier molecular flexibility index (Phi) is 1.89. The highest BCUT2D eigenvalue weighted by Gasteiger charge is 2.12. The van der Waals surface area contributed by atoms with Crippen molar-refractivity contribution in [1.82, 2.24) is 4.98 Å². The molecule has 2 rings (SSSR count). The molecule has 5 heteroatoms. The quantitative estimate of drug-likeness (QED) is 0.754. The van der Waals surface area contributed by atoms with Gasteiger partial charge in [-0.3, -0.25) is 4.79 Å². The lowest BCUT2D eigenvalue weighted by Crippen LogP contribution is -2.00. The van der Waals surface area contributed by atoms with Crippen molar-refractivity contribution in [2.45, 2.75) is 4.90 Å². The molecule has 0 saturated heterocycles. The molecule has 14 heavy (non-hydrogen) atoms. The summed E-state index contributed by atoms with van der Waals surface area (Å²) in [5, 5.41) is 0.771. The maximum atomic E-state index is 11.2. The van der Waals surface area contributed by atoms with E-state index in [2.05, 4.69) is 4.98 Å². The zero-order valence-corrected chi connectivity index (χ0v) is 7.91. The molecule has 0 radical (unpaired) electrons. The van der Waals surface area contributed by atoms with E-state index in [-0.39, 0.29) is 10.5 Å². The first kappa shape index (κ1) is 8.96. The van der Waals surface area contributed by atoms with Crippen molar-refractivity contribution in [2.24, 2.45) is 0 Å². The van der Waals surface area contributed by atoms with Crippen LogP contribution < -0.4 is 0 Å². The van der Waals surface area contributed by atoms with Crippen LogP contribution in [0.1, 0.15) is 0 Å². The van der Waals surface area contributed by atoms with E-state index in [1.807, 2.05) is 0 Å². The van der Waals surface area contributed by atoms with Gasteiger partial charge in [0.1, 0.15) is 0 Å². The Morgan fingerprint density at radius 1 is 1.21 bits per heavy atom. The Morgan fingerprint density at radius 2 is 2.00 bits per heavy atom. The maximum absolute atomic E-state index is 11.2. The molecular formula is C9H7NO3S. The first-order valence-corrected chi connectivity index (χ1v) is 5.45. The SMILES string of the molecule is O=CS(=O)(=O)c1ccc2[nH]ccc2c1. The minimum atomic E-state index is -3.76. The molecule has 1 N–H and O–H groups in total. The van der Waals surface area contributed by atoms with Crippen molar-refractivity contribution >= 4 is 26.4 Å². The molecule has 2 aromatic rings. The second-order valence-corrected chi connectivity index (χ2v) is 4.62. The second-order valence-electron chi connectivity index (χ2n) is 2.87. The summed E-state index contributed by atoms with van der Waals surface area (Å²) in [6, 6.07) is 6.25. The first-order chi connectivity index (χ1) is 6.63. The van der Waals surface area contributed by atoms with Crippen LogP contribution in [0.2, 0.25) is 0 Å². The van der Waals surface area contributed by atoms with Crippen molar-refractivity contribution in [1.29, 1.82) is 0 Å². The second kappa shape index (κ2) is 2.95. The van der Waals surface area contributed by atoms with E-state index in [1.54, 1.807) is 18.3 Å². The van der Waals surface area contributed by atoms with E-state index in [0.717, 1.165) is 10.9 Å². The molecule has 1 aromatic carbocycles. The molecule has 0 spiro atoms. The number of sulfone groups is 1. The van der Waals surface area contributed by atoms with Crippen molar-refractivity contribution < 1.29 is 13.2 Å². The fourth-order valence-corrected chi connectivity index (χ4v) is 1.92. The number of hydrogen-bond acceptors (Lipinski definition) is 3. The van der Waals surface area contributed by atoms with E-state index in [9.17, 15) is 13.2 Å². The van der Waals surface area contributed by atoms with Crippen LogP contribution in [0.15, 0.2) is 35.4 Å². The summed E-state index contributed by atoms with van der Waals surface area (Å²) in [5.41, 5.74) is 0.802. The lowest BCUT2D eigenvalue weighted by molar-refractivity contribution is 0.556. The molecule has 0 unspecified atom stereocenters. The minimum absolute atomic E-state index is 0.0274. The van der Waals surface area contributed by atoms with Gasteiger partial charge in [-0.25, -0.2) is 8.42 Å². The van der Waals surface area contributed by atoms with Gasteiger partial charge >= 0.3 is 0 Å². The van der Waals surface area contributed by atoms with Gasteiger partial charge in [-0.1, -0.05) is 0 Å². The predicted octanol–water partition coefficient (Wildman–Crippen LogP) is 1.13. The average molecular weight is 209 g/mol. The number of fused-ring (bicyclic) bond motifs is 1. The smallest absolute Gasteiger partial charge is 0.238 e. The summed E-state index contributed by atoms with van der Waals surface area (Å²) in [7, 11) is -3.76. The molecule has 1 aromatic heterocycles. The zero-order valence-electron chi connectivity index (χ0n) is 7.10. The van der Waals surface area contributed by atoms with Crippen molar-refractivity contribution in [3.63, 3.8) is 0 Å². The number of benzene rings is 1. The van der Waals surface area contributed by atoms with Crippen LogP contribution in [0.4, 0.5) is 0 Å². The Balaban J connectivity index is 2.71. The minimum Gasteiger partial charge on any atom is -0.361 e. The lowest BCUT2D eigenvalue weighted by Gasteiger charge is -1.96. The third-order valence-electron chi connectivity index (χ3n) is 1.98. The third kappa shape index (κ3) is 1.31. The molecule has 1 heterocycles. The highest BCUT2D eigenvalue weighted by molar-refractivity contribution is 8.04. The van der Waals surface area contributed by atoms with Gasteiger partial charge in [0, 0.05) is 17.1 Å². The van der Waals surface area contributed by atoms with Crippen molar-refractivity contribution in [3.8, 4) is 0 Å². The molecule has 0 aliphatic rings. The Hall–Kier alpha value is -1.62. The summed E-state index contributed by atoms with van der Waals surface area (Å²) in [4.78, 5) is 13.3. The van der Waals surface area contributed by atoms with Gasteiger partial charge in [0.05, 0.1) is 4.90 Å². The normalized spacial score (nSPS) is 11.7. The van der Waals surface area contributed by atoms with Gasteiger partial charge in [-0.05, 0) is 24.3 Å². The number of nitrogens with one attached hydrogen (secondary N) is 1. The molecular weight excluding hydrogens is 202 g/mol. The molecule has 0 fully saturated rings. The van der Waals surface area contributed by atoms with E-state index in [4.69, 9.17) is 0 Å².